The molecule has 0 atom stereocenters. The van der Waals surface area contributed by atoms with Gasteiger partial charge in [-0.1, -0.05) is 44.2 Å². The van der Waals surface area contributed by atoms with Gasteiger partial charge in [-0.2, -0.15) is 5.10 Å². The summed E-state index contributed by atoms with van der Waals surface area (Å²) in [7, 11) is 0. The minimum atomic E-state index is -0.351. The van der Waals surface area contributed by atoms with Crippen LogP contribution >= 0.6 is 0 Å². The van der Waals surface area contributed by atoms with Crippen LogP contribution in [0.1, 0.15) is 38.3 Å². The van der Waals surface area contributed by atoms with E-state index in [0.717, 1.165) is 33.7 Å². The van der Waals surface area contributed by atoms with Crippen LogP contribution in [0.2, 0.25) is 0 Å². The summed E-state index contributed by atoms with van der Waals surface area (Å²) in [6, 6.07) is 12.3. The van der Waals surface area contributed by atoms with E-state index in [1.165, 1.54) is 31.7 Å². The third-order valence-corrected chi connectivity index (χ3v) is 7.45. The molecule has 200 valence electrons. The lowest BCUT2D eigenvalue weighted by atomic mass is 10.0. The quantitative estimate of drug-likeness (QED) is 0.181. The van der Waals surface area contributed by atoms with E-state index in [1.807, 2.05) is 37.3 Å². The monoisotopic (exact) mass is 531 g/mol. The van der Waals surface area contributed by atoms with Crippen molar-refractivity contribution in [2.24, 2.45) is 5.92 Å². The van der Waals surface area contributed by atoms with E-state index in [2.05, 4.69) is 38.6 Å². The van der Waals surface area contributed by atoms with Gasteiger partial charge in [-0.15, -0.1) is 0 Å². The number of imidazole rings is 1. The van der Waals surface area contributed by atoms with Crippen molar-refractivity contribution >= 4 is 27.6 Å². The number of aromatic amines is 2. The van der Waals surface area contributed by atoms with Crippen LogP contribution in [0.25, 0.3) is 50.4 Å². The highest BCUT2D eigenvalue weighted by Crippen LogP contribution is 2.32. The van der Waals surface area contributed by atoms with Gasteiger partial charge in [0, 0.05) is 23.2 Å². The molecule has 0 radical (unpaired) electrons. The summed E-state index contributed by atoms with van der Waals surface area (Å²) >= 11 is 0. The van der Waals surface area contributed by atoms with E-state index in [1.54, 1.807) is 30.5 Å². The third-order valence-electron chi connectivity index (χ3n) is 7.45. The fraction of sp³-hybridized carbons (Fsp3) is 0.188. The van der Waals surface area contributed by atoms with Crippen molar-refractivity contribution in [2.45, 2.75) is 32.6 Å². The van der Waals surface area contributed by atoms with Gasteiger partial charge < -0.3 is 10.3 Å². The lowest BCUT2D eigenvalue weighted by molar-refractivity contribution is 0.607. The Labute approximate surface area is 231 Å². The number of nitrogens with one attached hydrogen (secondary N) is 3. The smallest absolute Gasteiger partial charge is 0.161 e. The molecular formula is C32H30FN7. The molecule has 0 bridgehead atoms. The second kappa shape index (κ2) is 10.7. The van der Waals surface area contributed by atoms with E-state index in [4.69, 9.17) is 9.97 Å². The van der Waals surface area contributed by atoms with Gasteiger partial charge in [0.25, 0.3) is 0 Å². The molecule has 1 aliphatic carbocycles. The number of aromatic nitrogens is 6. The Hall–Kier alpha value is -4.85. The number of hydrogen-bond donors (Lipinski definition) is 3. The van der Waals surface area contributed by atoms with Crippen LogP contribution in [0.15, 0.2) is 91.4 Å². The first-order valence-electron chi connectivity index (χ1n) is 13.5. The highest BCUT2D eigenvalue weighted by Gasteiger charge is 2.20. The van der Waals surface area contributed by atoms with Crippen LogP contribution in [0.5, 0.6) is 0 Å². The summed E-state index contributed by atoms with van der Waals surface area (Å²) in [4.78, 5) is 17.5. The molecule has 1 fully saturated rings. The minimum absolute atomic E-state index is 0.351. The summed E-state index contributed by atoms with van der Waals surface area (Å²) in [6.07, 6.45) is 12.4. The Balaban J connectivity index is 1.36. The van der Waals surface area contributed by atoms with Crippen LogP contribution in [0, 0.1) is 11.7 Å². The molecule has 0 saturated heterocycles. The summed E-state index contributed by atoms with van der Waals surface area (Å²) in [6.45, 7) is 10.3. The van der Waals surface area contributed by atoms with Crippen LogP contribution in [-0.2, 0) is 0 Å². The van der Waals surface area contributed by atoms with Crippen molar-refractivity contribution < 1.29 is 4.39 Å². The van der Waals surface area contributed by atoms with Gasteiger partial charge >= 0.3 is 0 Å². The second-order valence-corrected chi connectivity index (χ2v) is 9.97. The molecule has 40 heavy (non-hydrogen) atoms. The Bertz CT molecular complexity index is 1800. The number of fused-ring (bicyclic) bond motifs is 2. The van der Waals surface area contributed by atoms with Crippen LogP contribution in [0.3, 0.4) is 0 Å². The van der Waals surface area contributed by atoms with Crippen molar-refractivity contribution in [1.82, 2.24) is 35.5 Å². The fourth-order valence-corrected chi connectivity index (χ4v) is 5.30. The van der Waals surface area contributed by atoms with Gasteiger partial charge in [0.1, 0.15) is 22.5 Å². The third kappa shape index (κ3) is 4.73. The maximum atomic E-state index is 14.6. The Morgan fingerprint density at radius 1 is 1.02 bits per heavy atom. The normalized spacial score (nSPS) is 14.8. The highest BCUT2D eigenvalue weighted by molar-refractivity contribution is 5.95. The molecule has 7 nitrogen and oxygen atoms in total. The molecule has 0 spiro atoms. The maximum Gasteiger partial charge on any atom is 0.161 e. The number of pyridine rings is 2. The second-order valence-electron chi connectivity index (χ2n) is 9.97. The van der Waals surface area contributed by atoms with Crippen molar-refractivity contribution in [3.63, 3.8) is 0 Å². The molecule has 6 rings (SSSR count). The first kappa shape index (κ1) is 25.4. The molecule has 1 aromatic carbocycles. The van der Waals surface area contributed by atoms with E-state index >= 15 is 0 Å². The summed E-state index contributed by atoms with van der Waals surface area (Å²) in [5, 5.41) is 11.0. The topological polar surface area (TPSA) is 95.2 Å². The zero-order chi connectivity index (χ0) is 27.6. The molecule has 5 aromatic rings. The predicted molar refractivity (Wildman–Crippen MR) is 158 cm³/mol. The van der Waals surface area contributed by atoms with Gasteiger partial charge in [-0.3, -0.25) is 10.1 Å². The first-order chi connectivity index (χ1) is 19.6. The molecule has 0 amide bonds. The molecule has 4 heterocycles. The first-order valence-corrected chi connectivity index (χ1v) is 13.5. The summed E-state index contributed by atoms with van der Waals surface area (Å²) in [5.41, 5.74) is 7.83. The van der Waals surface area contributed by atoms with Gasteiger partial charge in [-0.25, -0.2) is 14.4 Å². The number of rotatable bonds is 8. The van der Waals surface area contributed by atoms with Gasteiger partial charge in [0.15, 0.2) is 11.5 Å². The highest BCUT2D eigenvalue weighted by atomic mass is 19.1. The number of nitrogens with zero attached hydrogens (tertiary/aromatic N) is 4. The molecule has 0 unspecified atom stereocenters. The zero-order valence-corrected chi connectivity index (χ0v) is 22.3. The predicted octanol–water partition coefficient (Wildman–Crippen LogP) is 7.47. The Kier molecular flexibility index (Phi) is 6.82. The average molecular weight is 532 g/mol. The summed E-state index contributed by atoms with van der Waals surface area (Å²) in [5.74, 6) is 0.671. The number of halogens is 1. The van der Waals surface area contributed by atoms with E-state index in [-0.39, 0.29) is 5.82 Å². The largest absolute Gasteiger partial charge is 0.359 e. The van der Waals surface area contributed by atoms with Crippen molar-refractivity contribution in [3.05, 3.63) is 103 Å². The number of benzene rings is 1. The number of allylic oxidation sites excluding steroid dienone is 5. The minimum Gasteiger partial charge on any atom is -0.359 e. The van der Waals surface area contributed by atoms with Gasteiger partial charge in [0.05, 0.1) is 16.7 Å². The van der Waals surface area contributed by atoms with Crippen LogP contribution < -0.4 is 5.32 Å². The van der Waals surface area contributed by atoms with E-state index in [0.29, 0.717) is 39.7 Å². The molecule has 0 aliphatic heterocycles. The molecular weight excluding hydrogens is 501 g/mol. The molecule has 1 aliphatic rings. The fourth-order valence-electron chi connectivity index (χ4n) is 5.30. The standard InChI is InChI=1S/C32H30FN7/c1-4-20(18-22(5-2)35-19(3)21-10-6-7-11-21)25-14-15-27-30(36-25)31(40-39-27)32-37-26-16-17-34-28(29(26)38-32)23-12-8-9-13-24(23)33/h4-5,8-9,12-18,21,35H,2-3,6-7,10-11H2,1H3,(H,37,38)(H,39,40)/b20-4+,22-18+. The molecule has 4 aromatic heterocycles. The SMILES string of the molecule is C=C/C(=C\C(=C/C)c1ccc2[nH]nc(-c3nc4c(-c5ccccc5F)nccc4[nH]3)c2n1)NC(=C)C1CCCC1. The maximum absolute atomic E-state index is 14.6. The van der Waals surface area contributed by atoms with Gasteiger partial charge in [0.2, 0.25) is 0 Å². The van der Waals surface area contributed by atoms with E-state index in [9.17, 15) is 4.39 Å². The molecule has 8 heteroatoms. The van der Waals surface area contributed by atoms with E-state index < -0.39 is 0 Å². The van der Waals surface area contributed by atoms with Crippen LogP contribution in [-0.4, -0.2) is 30.1 Å². The lowest BCUT2D eigenvalue weighted by Crippen LogP contribution is -2.16. The van der Waals surface area contributed by atoms with Crippen LogP contribution in [0.4, 0.5) is 4.39 Å². The van der Waals surface area contributed by atoms with Crippen molar-refractivity contribution in [1.29, 1.82) is 0 Å². The van der Waals surface area contributed by atoms with Gasteiger partial charge in [-0.05, 0) is 73.7 Å². The number of H-pyrrole nitrogens is 2. The zero-order valence-electron chi connectivity index (χ0n) is 22.3. The van der Waals surface area contributed by atoms with Crippen molar-refractivity contribution in [2.75, 3.05) is 0 Å². The number of hydrogen-bond acceptors (Lipinski definition) is 5. The molecule has 3 N–H and O–H groups in total. The Morgan fingerprint density at radius 2 is 1.82 bits per heavy atom. The molecule has 1 saturated carbocycles. The van der Waals surface area contributed by atoms with Crippen molar-refractivity contribution in [3.8, 4) is 22.8 Å². The summed E-state index contributed by atoms with van der Waals surface area (Å²) < 4.78 is 14.6. The lowest BCUT2D eigenvalue weighted by Gasteiger charge is -2.16. The average Bonchev–Trinajstić information content (AvgIpc) is 3.74. The Morgan fingerprint density at radius 3 is 2.60 bits per heavy atom.